The molecule has 0 saturated carbocycles. The van der Waals surface area contributed by atoms with Gasteiger partial charge in [-0.25, -0.2) is 0 Å². The smallest absolute Gasteiger partial charge is 0.122 e. The van der Waals surface area contributed by atoms with Gasteiger partial charge in [0.1, 0.15) is 5.75 Å². The van der Waals surface area contributed by atoms with Gasteiger partial charge in [-0.2, -0.15) is 0 Å². The first-order valence-electron chi connectivity index (χ1n) is 7.53. The Kier molecular flexibility index (Phi) is 3.15. The summed E-state index contributed by atoms with van der Waals surface area (Å²) in [6.07, 6.45) is 1.01. The van der Waals surface area contributed by atoms with E-state index in [0.29, 0.717) is 6.04 Å². The molecule has 1 aromatic rings. The van der Waals surface area contributed by atoms with Crippen molar-refractivity contribution in [2.75, 3.05) is 39.3 Å². The molecule has 0 aliphatic carbocycles. The normalized spacial score (nSPS) is 32.8. The molecule has 5 heteroatoms. The molecule has 2 unspecified atom stereocenters. The third-order valence-electron chi connectivity index (χ3n) is 4.96. The Morgan fingerprint density at radius 2 is 2.10 bits per heavy atom. The molecule has 108 valence electrons. The van der Waals surface area contributed by atoms with Gasteiger partial charge in [-0.15, -0.1) is 0 Å². The zero-order chi connectivity index (χ0) is 13.5. The lowest BCUT2D eigenvalue weighted by atomic mass is 9.93. The van der Waals surface area contributed by atoms with Crippen LogP contribution in [0.5, 0.6) is 5.75 Å². The van der Waals surface area contributed by atoms with E-state index in [1.807, 2.05) is 0 Å². The van der Waals surface area contributed by atoms with Crippen LogP contribution in [-0.2, 0) is 6.42 Å². The fourth-order valence-electron chi connectivity index (χ4n) is 3.80. The molecule has 2 atom stereocenters. The lowest BCUT2D eigenvalue weighted by Gasteiger charge is -2.50. The van der Waals surface area contributed by atoms with Crippen LogP contribution in [-0.4, -0.2) is 55.2 Å². The van der Waals surface area contributed by atoms with E-state index in [9.17, 15) is 0 Å². The molecule has 1 aromatic carbocycles. The van der Waals surface area contributed by atoms with Gasteiger partial charge in [-0.05, 0) is 17.2 Å². The summed E-state index contributed by atoms with van der Waals surface area (Å²) in [4.78, 5) is 5.12. The summed E-state index contributed by atoms with van der Waals surface area (Å²) in [5, 5.41) is 0. The summed E-state index contributed by atoms with van der Waals surface area (Å²) >= 11 is 0. The van der Waals surface area contributed by atoms with Crippen LogP contribution in [0, 0.1) is 0 Å². The second kappa shape index (κ2) is 5.00. The number of nitrogens with one attached hydrogen (secondary N) is 1. The Morgan fingerprint density at radius 3 is 2.80 bits per heavy atom. The molecule has 2 bridgehead atoms. The largest absolute Gasteiger partial charge is 0.493 e. The van der Waals surface area contributed by atoms with Gasteiger partial charge in [0.15, 0.2) is 0 Å². The first-order chi connectivity index (χ1) is 9.85. The SMILES string of the molecule is NNC(c1ccc2c(c1)CCO2)C1CN2CCN1CC2. The number of nitrogens with two attached hydrogens (primary N) is 1. The summed E-state index contributed by atoms with van der Waals surface area (Å²) in [7, 11) is 0. The van der Waals surface area contributed by atoms with Crippen molar-refractivity contribution in [2.45, 2.75) is 18.5 Å². The molecule has 4 aliphatic heterocycles. The van der Waals surface area contributed by atoms with Crippen molar-refractivity contribution in [3.8, 4) is 5.75 Å². The van der Waals surface area contributed by atoms with Crippen LogP contribution in [0.2, 0.25) is 0 Å². The molecule has 0 spiro atoms. The molecule has 3 fully saturated rings. The Hall–Kier alpha value is -1.14. The molecule has 0 aromatic heterocycles. The average Bonchev–Trinajstić information content (AvgIpc) is 2.97. The van der Waals surface area contributed by atoms with Gasteiger partial charge in [-0.3, -0.25) is 21.1 Å². The molecule has 5 nitrogen and oxygen atoms in total. The van der Waals surface area contributed by atoms with Gasteiger partial charge in [0, 0.05) is 45.2 Å². The number of nitrogens with zero attached hydrogens (tertiary/aromatic N) is 2. The first kappa shape index (κ1) is 12.6. The highest BCUT2D eigenvalue weighted by molar-refractivity contribution is 5.41. The second-order valence-corrected chi connectivity index (χ2v) is 6.01. The second-order valence-electron chi connectivity index (χ2n) is 6.01. The predicted octanol–water partition coefficient (Wildman–Crippen LogP) is 0.126. The van der Waals surface area contributed by atoms with E-state index in [1.165, 1.54) is 24.2 Å². The number of hydrogen-bond donors (Lipinski definition) is 2. The van der Waals surface area contributed by atoms with Crippen molar-refractivity contribution in [3.63, 3.8) is 0 Å². The minimum atomic E-state index is 0.198. The minimum Gasteiger partial charge on any atom is -0.493 e. The summed E-state index contributed by atoms with van der Waals surface area (Å²) in [6, 6.07) is 7.20. The number of piperazine rings is 3. The third kappa shape index (κ3) is 2.02. The fraction of sp³-hybridized carbons (Fsp3) is 0.600. The van der Waals surface area contributed by atoms with E-state index in [0.717, 1.165) is 38.4 Å². The standard InChI is InChI=1S/C15H22N4O/c16-17-15(13-10-18-4-6-19(13)7-5-18)12-1-2-14-11(9-12)3-8-20-14/h1-2,9,13,15,17H,3-8,10,16H2. The highest BCUT2D eigenvalue weighted by Crippen LogP contribution is 2.32. The summed E-state index contributed by atoms with van der Waals surface area (Å²) in [6.45, 7) is 6.65. The maximum absolute atomic E-state index is 5.89. The Morgan fingerprint density at radius 1 is 1.25 bits per heavy atom. The number of benzene rings is 1. The topological polar surface area (TPSA) is 53.8 Å². The summed E-state index contributed by atoms with van der Waals surface area (Å²) < 4.78 is 5.59. The third-order valence-corrected chi connectivity index (χ3v) is 4.96. The van der Waals surface area contributed by atoms with Crippen LogP contribution in [0.25, 0.3) is 0 Å². The molecule has 4 heterocycles. The molecule has 3 N–H and O–H groups in total. The highest BCUT2D eigenvalue weighted by atomic mass is 16.5. The van der Waals surface area contributed by atoms with Crippen LogP contribution in [0.4, 0.5) is 0 Å². The molecule has 5 rings (SSSR count). The molecule has 4 aliphatic rings. The van der Waals surface area contributed by atoms with E-state index >= 15 is 0 Å². The number of hydrogen-bond acceptors (Lipinski definition) is 5. The van der Waals surface area contributed by atoms with Crippen LogP contribution < -0.4 is 16.0 Å². The van der Waals surface area contributed by atoms with Crippen molar-refractivity contribution >= 4 is 0 Å². The molecule has 3 saturated heterocycles. The van der Waals surface area contributed by atoms with E-state index < -0.39 is 0 Å². The highest BCUT2D eigenvalue weighted by Gasteiger charge is 2.37. The van der Waals surface area contributed by atoms with E-state index in [4.69, 9.17) is 10.6 Å². The zero-order valence-electron chi connectivity index (χ0n) is 11.7. The molecule has 0 amide bonds. The van der Waals surface area contributed by atoms with Gasteiger partial charge in [-0.1, -0.05) is 12.1 Å². The van der Waals surface area contributed by atoms with E-state index in [2.05, 4.69) is 33.4 Å². The van der Waals surface area contributed by atoms with Crippen LogP contribution in [0.1, 0.15) is 17.2 Å². The predicted molar refractivity (Wildman–Crippen MR) is 77.5 cm³/mol. The summed E-state index contributed by atoms with van der Waals surface area (Å²) in [5.74, 6) is 6.93. The van der Waals surface area contributed by atoms with Gasteiger partial charge in [0.2, 0.25) is 0 Å². The van der Waals surface area contributed by atoms with E-state index in [1.54, 1.807) is 0 Å². The Labute approximate surface area is 119 Å². The van der Waals surface area contributed by atoms with Crippen molar-refractivity contribution in [3.05, 3.63) is 29.3 Å². The average molecular weight is 274 g/mol. The maximum Gasteiger partial charge on any atom is 0.122 e. The molecular formula is C15H22N4O. The quantitative estimate of drug-likeness (QED) is 0.606. The fourth-order valence-corrected chi connectivity index (χ4v) is 3.80. The number of fused-ring (bicyclic) bond motifs is 4. The lowest BCUT2D eigenvalue weighted by molar-refractivity contribution is -0.00370. The summed E-state index contributed by atoms with van der Waals surface area (Å²) in [5.41, 5.74) is 5.66. The van der Waals surface area contributed by atoms with Gasteiger partial charge in [0.05, 0.1) is 12.6 Å². The van der Waals surface area contributed by atoms with Crippen LogP contribution >= 0.6 is 0 Å². The van der Waals surface area contributed by atoms with E-state index in [-0.39, 0.29) is 6.04 Å². The van der Waals surface area contributed by atoms with Crippen molar-refractivity contribution < 1.29 is 4.74 Å². The number of rotatable bonds is 3. The van der Waals surface area contributed by atoms with Crippen molar-refractivity contribution in [1.82, 2.24) is 15.2 Å². The van der Waals surface area contributed by atoms with Crippen LogP contribution in [0.15, 0.2) is 18.2 Å². The lowest BCUT2D eigenvalue weighted by Crippen LogP contribution is -2.64. The first-order valence-corrected chi connectivity index (χ1v) is 7.53. The minimum absolute atomic E-state index is 0.198. The maximum atomic E-state index is 5.89. The van der Waals surface area contributed by atoms with Gasteiger partial charge in [0.25, 0.3) is 0 Å². The van der Waals surface area contributed by atoms with Gasteiger partial charge < -0.3 is 4.74 Å². The number of ether oxygens (including phenoxy) is 1. The number of hydrazine groups is 1. The van der Waals surface area contributed by atoms with Crippen molar-refractivity contribution in [2.24, 2.45) is 5.84 Å². The molecule has 20 heavy (non-hydrogen) atoms. The van der Waals surface area contributed by atoms with Crippen LogP contribution in [0.3, 0.4) is 0 Å². The molecule has 0 radical (unpaired) electrons. The monoisotopic (exact) mass is 274 g/mol. The Balaban J connectivity index is 1.61. The molecular weight excluding hydrogens is 252 g/mol. The zero-order valence-corrected chi connectivity index (χ0v) is 11.7. The van der Waals surface area contributed by atoms with Gasteiger partial charge >= 0.3 is 0 Å². The Bertz CT molecular complexity index is 499. The van der Waals surface area contributed by atoms with Crippen molar-refractivity contribution in [1.29, 1.82) is 0 Å².